The summed E-state index contributed by atoms with van der Waals surface area (Å²) in [5.41, 5.74) is 0. The summed E-state index contributed by atoms with van der Waals surface area (Å²) in [5.74, 6) is 0. The van der Waals surface area contributed by atoms with Crippen LogP contribution >= 0.6 is 11.8 Å². The van der Waals surface area contributed by atoms with E-state index in [0.717, 1.165) is 5.25 Å². The summed E-state index contributed by atoms with van der Waals surface area (Å²) in [5, 5.41) is 1.33. The molecule has 0 aliphatic heterocycles. The highest BCUT2D eigenvalue weighted by molar-refractivity contribution is 8.00. The van der Waals surface area contributed by atoms with Gasteiger partial charge < -0.3 is 0 Å². The second kappa shape index (κ2) is 4.25. The SMILES string of the molecule is [CH2]C(CC)SC(C)C. The van der Waals surface area contributed by atoms with Crippen LogP contribution in [0.25, 0.3) is 0 Å². The van der Waals surface area contributed by atoms with Gasteiger partial charge >= 0.3 is 0 Å². The smallest absolute Gasteiger partial charge is 0.00474 e. The Morgan fingerprint density at radius 2 is 2.00 bits per heavy atom. The first-order valence-electron chi connectivity index (χ1n) is 3.15. The Labute approximate surface area is 57.1 Å². The molecule has 0 amide bonds. The first-order chi connectivity index (χ1) is 3.66. The van der Waals surface area contributed by atoms with Crippen LogP contribution < -0.4 is 0 Å². The normalized spacial score (nSPS) is 14.6. The summed E-state index contributed by atoms with van der Waals surface area (Å²) in [4.78, 5) is 0. The molecule has 0 rings (SSSR count). The number of rotatable bonds is 3. The van der Waals surface area contributed by atoms with E-state index in [2.05, 4.69) is 27.7 Å². The minimum Gasteiger partial charge on any atom is -0.156 e. The lowest BCUT2D eigenvalue weighted by molar-refractivity contribution is 0.959. The Hall–Kier alpha value is 0.350. The molecule has 0 spiro atoms. The van der Waals surface area contributed by atoms with E-state index in [0.29, 0.717) is 5.25 Å². The fourth-order valence-corrected chi connectivity index (χ4v) is 1.44. The van der Waals surface area contributed by atoms with Crippen LogP contribution in [0.2, 0.25) is 0 Å². The average Bonchev–Trinajstić information content (AvgIpc) is 1.65. The van der Waals surface area contributed by atoms with Crippen molar-refractivity contribution in [1.29, 1.82) is 0 Å². The third kappa shape index (κ3) is 4.51. The highest BCUT2D eigenvalue weighted by Gasteiger charge is 2.00. The highest BCUT2D eigenvalue weighted by atomic mass is 32.2. The van der Waals surface area contributed by atoms with E-state index in [1.54, 1.807) is 0 Å². The maximum absolute atomic E-state index is 3.96. The lowest BCUT2D eigenvalue weighted by Crippen LogP contribution is -1.98. The van der Waals surface area contributed by atoms with Gasteiger partial charge in [-0.2, -0.15) is 11.8 Å². The first kappa shape index (κ1) is 8.35. The van der Waals surface area contributed by atoms with Crippen LogP contribution in [-0.2, 0) is 0 Å². The van der Waals surface area contributed by atoms with E-state index >= 15 is 0 Å². The highest BCUT2D eigenvalue weighted by Crippen LogP contribution is 2.17. The molecule has 1 radical (unpaired) electrons. The molecule has 0 aromatic heterocycles. The van der Waals surface area contributed by atoms with Crippen molar-refractivity contribution in [3.63, 3.8) is 0 Å². The Bertz CT molecular complexity index is 50.3. The number of thioether (sulfide) groups is 1. The molecule has 49 valence electrons. The third-order valence-electron chi connectivity index (χ3n) is 0.920. The van der Waals surface area contributed by atoms with Crippen molar-refractivity contribution in [3.8, 4) is 0 Å². The van der Waals surface area contributed by atoms with Gasteiger partial charge in [-0.1, -0.05) is 20.8 Å². The van der Waals surface area contributed by atoms with Gasteiger partial charge in [-0.15, -0.1) is 0 Å². The van der Waals surface area contributed by atoms with Crippen LogP contribution in [0.3, 0.4) is 0 Å². The minimum absolute atomic E-state index is 0.593. The summed E-state index contributed by atoms with van der Waals surface area (Å²) in [7, 11) is 0. The minimum atomic E-state index is 0.593. The molecule has 0 fully saturated rings. The molecular formula is C7H15S. The molecule has 0 aromatic rings. The second-order valence-corrected chi connectivity index (χ2v) is 4.10. The molecule has 1 heteroatoms. The summed E-state index contributed by atoms with van der Waals surface area (Å²) in [6.07, 6.45) is 1.18. The molecule has 8 heavy (non-hydrogen) atoms. The summed E-state index contributed by atoms with van der Waals surface area (Å²) in [6.45, 7) is 10.5. The van der Waals surface area contributed by atoms with E-state index in [4.69, 9.17) is 0 Å². The van der Waals surface area contributed by atoms with Crippen molar-refractivity contribution in [2.75, 3.05) is 0 Å². The molecule has 0 N–H and O–H groups in total. The van der Waals surface area contributed by atoms with Crippen molar-refractivity contribution in [3.05, 3.63) is 6.92 Å². The molecule has 0 saturated carbocycles. The lowest BCUT2D eigenvalue weighted by atomic mass is 10.4. The molecule has 0 heterocycles. The van der Waals surface area contributed by atoms with Gasteiger partial charge in [0.05, 0.1) is 0 Å². The molecule has 1 atom stereocenters. The van der Waals surface area contributed by atoms with Crippen LogP contribution in [0.15, 0.2) is 0 Å². The average molecular weight is 131 g/mol. The maximum Gasteiger partial charge on any atom is 0.00474 e. The Balaban J connectivity index is 3.10. The van der Waals surface area contributed by atoms with Crippen LogP contribution in [0.1, 0.15) is 27.2 Å². The molecule has 1 unspecified atom stereocenters. The zero-order valence-corrected chi connectivity index (χ0v) is 6.79. The summed E-state index contributed by atoms with van der Waals surface area (Å²) < 4.78 is 0. The van der Waals surface area contributed by atoms with Gasteiger partial charge in [0.25, 0.3) is 0 Å². The first-order valence-corrected chi connectivity index (χ1v) is 4.09. The molecular weight excluding hydrogens is 116 g/mol. The van der Waals surface area contributed by atoms with E-state index < -0.39 is 0 Å². The zero-order valence-electron chi connectivity index (χ0n) is 5.98. The molecule has 0 bridgehead atoms. The van der Waals surface area contributed by atoms with Gasteiger partial charge in [0, 0.05) is 5.25 Å². The molecule has 0 aliphatic carbocycles. The van der Waals surface area contributed by atoms with Gasteiger partial charge in [-0.3, -0.25) is 0 Å². The maximum atomic E-state index is 3.96. The Morgan fingerprint density at radius 3 is 2.12 bits per heavy atom. The van der Waals surface area contributed by atoms with Gasteiger partial charge in [-0.25, -0.2) is 0 Å². The fraction of sp³-hybridized carbons (Fsp3) is 0.857. The predicted molar refractivity (Wildman–Crippen MR) is 42.2 cm³/mol. The molecule has 0 aliphatic rings. The van der Waals surface area contributed by atoms with E-state index in [9.17, 15) is 0 Å². The Morgan fingerprint density at radius 1 is 1.50 bits per heavy atom. The number of hydrogen-bond donors (Lipinski definition) is 0. The Kier molecular flexibility index (Phi) is 4.44. The largest absolute Gasteiger partial charge is 0.156 e. The second-order valence-electron chi connectivity index (χ2n) is 2.22. The molecule has 0 nitrogen and oxygen atoms in total. The molecule has 0 aromatic carbocycles. The van der Waals surface area contributed by atoms with Crippen molar-refractivity contribution in [2.24, 2.45) is 0 Å². The van der Waals surface area contributed by atoms with E-state index in [1.807, 2.05) is 11.8 Å². The summed E-state index contributed by atoms with van der Waals surface area (Å²) in [6, 6.07) is 0. The fourth-order valence-electron chi connectivity index (χ4n) is 0.481. The van der Waals surface area contributed by atoms with Crippen LogP contribution in [0.5, 0.6) is 0 Å². The zero-order chi connectivity index (χ0) is 6.57. The quantitative estimate of drug-likeness (QED) is 0.567. The van der Waals surface area contributed by atoms with Gasteiger partial charge in [0.2, 0.25) is 0 Å². The van der Waals surface area contributed by atoms with Gasteiger partial charge in [0.15, 0.2) is 0 Å². The van der Waals surface area contributed by atoms with Crippen LogP contribution in [-0.4, -0.2) is 10.5 Å². The third-order valence-corrected chi connectivity index (χ3v) is 2.18. The van der Waals surface area contributed by atoms with E-state index in [-0.39, 0.29) is 0 Å². The van der Waals surface area contributed by atoms with Gasteiger partial charge in [-0.05, 0) is 18.6 Å². The number of hydrogen-bond acceptors (Lipinski definition) is 1. The van der Waals surface area contributed by atoms with Crippen molar-refractivity contribution >= 4 is 11.8 Å². The standard InChI is InChI=1S/C7H15S/c1-5-7(4)8-6(2)3/h6-7H,4-5H2,1-3H3. The predicted octanol–water partition coefficient (Wildman–Crippen LogP) is 2.74. The van der Waals surface area contributed by atoms with Crippen LogP contribution in [0, 0.1) is 6.92 Å². The van der Waals surface area contributed by atoms with Crippen molar-refractivity contribution < 1.29 is 0 Å². The monoisotopic (exact) mass is 131 g/mol. The topological polar surface area (TPSA) is 0 Å². The van der Waals surface area contributed by atoms with E-state index in [1.165, 1.54) is 6.42 Å². The van der Waals surface area contributed by atoms with Crippen LogP contribution in [0.4, 0.5) is 0 Å². The molecule has 0 saturated heterocycles. The summed E-state index contributed by atoms with van der Waals surface area (Å²) >= 11 is 1.94. The van der Waals surface area contributed by atoms with Gasteiger partial charge in [0.1, 0.15) is 0 Å². The van der Waals surface area contributed by atoms with Crippen molar-refractivity contribution in [1.82, 2.24) is 0 Å². The lowest BCUT2D eigenvalue weighted by Gasteiger charge is -2.09. The van der Waals surface area contributed by atoms with Crippen molar-refractivity contribution in [2.45, 2.75) is 37.7 Å².